The van der Waals surface area contributed by atoms with Gasteiger partial charge in [0.15, 0.2) is 0 Å². The molecule has 1 aliphatic rings. The first-order chi connectivity index (χ1) is 14.4. The van der Waals surface area contributed by atoms with E-state index in [4.69, 9.17) is 11.5 Å². The maximum atomic E-state index is 12.2. The van der Waals surface area contributed by atoms with Crippen molar-refractivity contribution < 1.29 is 9.59 Å². The number of amides is 3. The molecule has 0 spiro atoms. The van der Waals surface area contributed by atoms with E-state index in [0.29, 0.717) is 11.1 Å². The third kappa shape index (κ3) is 5.28. The molecule has 6 N–H and O–H groups in total. The van der Waals surface area contributed by atoms with E-state index < -0.39 is 11.9 Å². The van der Waals surface area contributed by atoms with Gasteiger partial charge in [0.05, 0.1) is 11.6 Å². The van der Waals surface area contributed by atoms with Crippen LogP contribution >= 0.6 is 0 Å². The Balaban J connectivity index is 1.65. The number of nitrogens with two attached hydrogens (primary N) is 2. The van der Waals surface area contributed by atoms with Gasteiger partial charge in [-0.2, -0.15) is 4.99 Å². The molecule has 1 atom stereocenters. The SMILES string of the molecule is C[C@@H](NC(=O)Nc1cc(N)c(C(N)=NC(=O)c2ccncc2)cn1)C1=CCCC=C1. The first-order valence-corrected chi connectivity index (χ1v) is 9.42. The van der Waals surface area contributed by atoms with E-state index in [1.165, 1.54) is 36.8 Å². The lowest BCUT2D eigenvalue weighted by Crippen LogP contribution is -2.37. The summed E-state index contributed by atoms with van der Waals surface area (Å²) in [4.78, 5) is 36.2. The molecule has 0 unspecified atom stereocenters. The highest BCUT2D eigenvalue weighted by atomic mass is 16.2. The summed E-state index contributed by atoms with van der Waals surface area (Å²) in [6.07, 6.45) is 12.5. The van der Waals surface area contributed by atoms with Gasteiger partial charge in [-0.25, -0.2) is 9.78 Å². The second-order valence-corrected chi connectivity index (χ2v) is 6.70. The predicted molar refractivity (Wildman–Crippen MR) is 116 cm³/mol. The Morgan fingerprint density at radius 3 is 2.67 bits per heavy atom. The summed E-state index contributed by atoms with van der Waals surface area (Å²) in [7, 11) is 0. The minimum atomic E-state index is -0.518. The Morgan fingerprint density at radius 1 is 1.23 bits per heavy atom. The number of hydrogen-bond donors (Lipinski definition) is 4. The Bertz CT molecular complexity index is 1030. The fraction of sp³-hybridized carbons (Fsp3) is 0.190. The lowest BCUT2D eigenvalue weighted by Gasteiger charge is -2.17. The predicted octanol–water partition coefficient (Wildman–Crippen LogP) is 2.39. The number of nitrogens with one attached hydrogen (secondary N) is 2. The monoisotopic (exact) mass is 405 g/mol. The smallest absolute Gasteiger partial charge is 0.320 e. The summed E-state index contributed by atoms with van der Waals surface area (Å²) in [5.74, 6) is -0.333. The van der Waals surface area contributed by atoms with Crippen LogP contribution in [0.3, 0.4) is 0 Å². The van der Waals surface area contributed by atoms with Crippen molar-refractivity contribution in [1.29, 1.82) is 0 Å². The van der Waals surface area contributed by atoms with Crippen LogP contribution in [0.4, 0.5) is 16.3 Å². The molecule has 2 aromatic rings. The summed E-state index contributed by atoms with van der Waals surface area (Å²) in [6.45, 7) is 1.91. The van der Waals surface area contributed by atoms with Crippen molar-refractivity contribution in [1.82, 2.24) is 15.3 Å². The number of anilines is 2. The number of urea groups is 1. The molecule has 0 saturated heterocycles. The molecular weight excluding hydrogens is 382 g/mol. The van der Waals surface area contributed by atoms with Crippen molar-refractivity contribution in [3.05, 3.63) is 71.7 Å². The van der Waals surface area contributed by atoms with Crippen molar-refractivity contribution >= 4 is 29.3 Å². The Labute approximate surface area is 174 Å². The van der Waals surface area contributed by atoms with Gasteiger partial charge in [0.25, 0.3) is 5.91 Å². The molecule has 30 heavy (non-hydrogen) atoms. The van der Waals surface area contributed by atoms with Gasteiger partial charge in [-0.3, -0.25) is 15.1 Å². The van der Waals surface area contributed by atoms with E-state index in [9.17, 15) is 9.59 Å². The van der Waals surface area contributed by atoms with E-state index in [1.54, 1.807) is 0 Å². The summed E-state index contributed by atoms with van der Waals surface area (Å²) < 4.78 is 0. The standard InChI is InChI=1S/C21H23N7O2/c1-13(14-5-3-2-4-6-14)26-21(30)27-18-11-17(22)16(12-25-18)19(23)28-20(29)15-7-9-24-10-8-15/h3,5-13H,2,4H2,1H3,(H2,23,28,29)(H4,22,25,26,27,30)/t13-/m1/s1. The molecule has 0 aromatic carbocycles. The van der Waals surface area contributed by atoms with Crippen molar-refractivity contribution in [2.24, 2.45) is 10.7 Å². The number of hydrogen-bond acceptors (Lipinski definition) is 5. The molecule has 154 valence electrons. The second-order valence-electron chi connectivity index (χ2n) is 6.70. The zero-order valence-corrected chi connectivity index (χ0v) is 16.5. The van der Waals surface area contributed by atoms with Gasteiger partial charge in [-0.15, -0.1) is 0 Å². The first-order valence-electron chi connectivity index (χ1n) is 9.42. The highest BCUT2D eigenvalue weighted by Gasteiger charge is 2.14. The van der Waals surface area contributed by atoms with Crippen LogP contribution in [0.5, 0.6) is 0 Å². The van der Waals surface area contributed by atoms with Gasteiger partial charge in [0, 0.05) is 35.9 Å². The average Bonchev–Trinajstić information content (AvgIpc) is 2.74. The second kappa shape index (κ2) is 9.46. The van der Waals surface area contributed by atoms with Crippen LogP contribution in [0.1, 0.15) is 35.7 Å². The quantitative estimate of drug-likeness (QED) is 0.443. The topological polar surface area (TPSA) is 148 Å². The molecule has 3 amide bonds. The molecule has 3 rings (SSSR count). The minimum Gasteiger partial charge on any atom is -0.398 e. The number of carbonyl (C=O) groups is 2. The van der Waals surface area contributed by atoms with E-state index in [0.717, 1.165) is 18.4 Å². The Morgan fingerprint density at radius 2 is 2.00 bits per heavy atom. The zero-order valence-electron chi connectivity index (χ0n) is 16.5. The van der Waals surface area contributed by atoms with Crippen molar-refractivity contribution in [3.8, 4) is 0 Å². The van der Waals surface area contributed by atoms with Crippen LogP contribution in [0.15, 0.2) is 65.6 Å². The van der Waals surface area contributed by atoms with Gasteiger partial charge in [0.1, 0.15) is 11.7 Å². The van der Waals surface area contributed by atoms with E-state index >= 15 is 0 Å². The largest absolute Gasteiger partial charge is 0.398 e. The van der Waals surface area contributed by atoms with Crippen LogP contribution in [0.25, 0.3) is 0 Å². The fourth-order valence-corrected chi connectivity index (χ4v) is 2.87. The summed E-state index contributed by atoms with van der Waals surface area (Å²) in [5.41, 5.74) is 13.9. The van der Waals surface area contributed by atoms with E-state index in [2.05, 4.69) is 37.7 Å². The number of allylic oxidation sites excluding steroid dienone is 2. The molecule has 2 aromatic heterocycles. The van der Waals surface area contributed by atoms with E-state index in [1.807, 2.05) is 13.0 Å². The van der Waals surface area contributed by atoms with Crippen LogP contribution < -0.4 is 22.1 Å². The summed E-state index contributed by atoms with van der Waals surface area (Å²) in [5, 5.41) is 5.49. The maximum absolute atomic E-state index is 12.2. The van der Waals surface area contributed by atoms with Gasteiger partial charge in [-0.1, -0.05) is 18.2 Å². The van der Waals surface area contributed by atoms with Gasteiger partial charge in [-0.05, 0) is 37.5 Å². The third-order valence-corrected chi connectivity index (χ3v) is 4.47. The molecule has 1 aliphatic carbocycles. The van der Waals surface area contributed by atoms with Crippen molar-refractivity contribution in [2.75, 3.05) is 11.1 Å². The number of nitrogens with zero attached hydrogens (tertiary/aromatic N) is 3. The summed E-state index contributed by atoms with van der Waals surface area (Å²) >= 11 is 0. The fourth-order valence-electron chi connectivity index (χ4n) is 2.87. The number of amidine groups is 1. The molecule has 0 radical (unpaired) electrons. The average molecular weight is 405 g/mol. The number of pyridine rings is 2. The van der Waals surface area contributed by atoms with Crippen LogP contribution in [-0.4, -0.2) is 33.8 Å². The van der Waals surface area contributed by atoms with Crippen LogP contribution in [0.2, 0.25) is 0 Å². The van der Waals surface area contributed by atoms with Gasteiger partial charge < -0.3 is 16.8 Å². The molecular formula is C21H23N7O2. The Hall–Kier alpha value is -4.01. The number of nitrogen functional groups attached to an aromatic ring is 1. The molecule has 0 aliphatic heterocycles. The normalized spacial score (nSPS) is 14.6. The lowest BCUT2D eigenvalue weighted by atomic mass is 10.0. The number of aliphatic imine (C=N–C) groups is 1. The first kappa shape index (κ1) is 20.7. The van der Waals surface area contributed by atoms with Crippen LogP contribution in [0, 0.1) is 0 Å². The summed E-state index contributed by atoms with van der Waals surface area (Å²) in [6, 6.07) is 3.98. The van der Waals surface area contributed by atoms with Gasteiger partial charge >= 0.3 is 6.03 Å². The molecule has 0 bridgehead atoms. The zero-order chi connectivity index (χ0) is 21.5. The highest BCUT2D eigenvalue weighted by molar-refractivity contribution is 6.10. The third-order valence-electron chi connectivity index (χ3n) is 4.47. The lowest BCUT2D eigenvalue weighted by molar-refractivity contribution is 0.100. The number of rotatable bonds is 5. The number of aromatic nitrogens is 2. The van der Waals surface area contributed by atoms with Crippen LogP contribution in [-0.2, 0) is 0 Å². The molecule has 0 saturated carbocycles. The molecule has 9 nitrogen and oxygen atoms in total. The van der Waals surface area contributed by atoms with E-state index in [-0.39, 0.29) is 23.4 Å². The highest BCUT2D eigenvalue weighted by Crippen LogP contribution is 2.16. The maximum Gasteiger partial charge on any atom is 0.320 e. The Kier molecular flexibility index (Phi) is 6.53. The minimum absolute atomic E-state index is 0.0672. The van der Waals surface area contributed by atoms with Gasteiger partial charge in [0.2, 0.25) is 0 Å². The van der Waals surface area contributed by atoms with Crippen molar-refractivity contribution in [3.63, 3.8) is 0 Å². The van der Waals surface area contributed by atoms with Crippen molar-refractivity contribution in [2.45, 2.75) is 25.8 Å². The molecule has 9 heteroatoms. The molecule has 2 heterocycles. The number of carbonyl (C=O) groups excluding carboxylic acids is 2. The molecule has 0 fully saturated rings.